The summed E-state index contributed by atoms with van der Waals surface area (Å²) in [5.74, 6) is -2.70. The molecule has 1 aromatic heterocycles. The van der Waals surface area contributed by atoms with Gasteiger partial charge in [-0.15, -0.1) is 11.8 Å². The maximum atomic E-state index is 12.3. The molecule has 0 bridgehead atoms. The first kappa shape index (κ1) is 18.3. The first-order valence-corrected chi connectivity index (χ1v) is 9.50. The van der Waals surface area contributed by atoms with Crippen LogP contribution in [0.25, 0.3) is 6.08 Å². The van der Waals surface area contributed by atoms with Crippen LogP contribution in [0.3, 0.4) is 0 Å². The number of carbonyl (C=O) groups is 4. The molecular formula is C17H16N4O6S. The molecule has 1 aromatic rings. The van der Waals surface area contributed by atoms with E-state index < -0.39 is 11.9 Å². The number of carbonyl (C=O) groups excluding carboxylic acids is 2. The van der Waals surface area contributed by atoms with Crippen molar-refractivity contribution in [1.29, 1.82) is 0 Å². The zero-order valence-electron chi connectivity index (χ0n) is 14.6. The van der Waals surface area contributed by atoms with Gasteiger partial charge in [-0.2, -0.15) is 5.10 Å². The summed E-state index contributed by atoms with van der Waals surface area (Å²) in [7, 11) is 0. The third-order valence-electron chi connectivity index (χ3n) is 4.78. The largest absolute Gasteiger partial charge is 0.481 e. The summed E-state index contributed by atoms with van der Waals surface area (Å²) in [5.41, 5.74) is 1.84. The molecule has 2 N–H and O–H groups in total. The van der Waals surface area contributed by atoms with Crippen molar-refractivity contribution >= 4 is 41.6 Å². The Hall–Kier alpha value is -3.08. The number of β-lactam (4-membered cyclic amide) rings is 1. The fraction of sp³-hybridized carbons (Fsp3) is 0.353. The van der Waals surface area contributed by atoms with Crippen LogP contribution in [0.5, 0.6) is 0 Å². The van der Waals surface area contributed by atoms with Gasteiger partial charge in [0.25, 0.3) is 5.91 Å². The van der Waals surface area contributed by atoms with Gasteiger partial charge < -0.3 is 15.1 Å². The topological polar surface area (TPSA) is 133 Å². The number of carboxylic acids is 2. The van der Waals surface area contributed by atoms with E-state index in [4.69, 9.17) is 10.2 Å². The van der Waals surface area contributed by atoms with Crippen LogP contribution < -0.4 is 0 Å². The van der Waals surface area contributed by atoms with E-state index in [0.29, 0.717) is 30.9 Å². The van der Waals surface area contributed by atoms with Crippen molar-refractivity contribution in [2.45, 2.75) is 31.3 Å². The fourth-order valence-corrected chi connectivity index (χ4v) is 4.49. The van der Waals surface area contributed by atoms with Crippen LogP contribution in [0.4, 0.5) is 0 Å². The van der Waals surface area contributed by atoms with Gasteiger partial charge in [0.1, 0.15) is 11.1 Å². The van der Waals surface area contributed by atoms with Gasteiger partial charge in [-0.1, -0.05) is 0 Å². The predicted octanol–water partition coefficient (Wildman–Crippen LogP) is 0.315. The van der Waals surface area contributed by atoms with Gasteiger partial charge >= 0.3 is 11.9 Å². The molecule has 3 aliphatic rings. The minimum absolute atomic E-state index is 0.0169. The molecule has 4 heterocycles. The lowest BCUT2D eigenvalue weighted by molar-refractivity contribution is -0.141. The number of aliphatic carboxylic acids is 2. The van der Waals surface area contributed by atoms with Crippen LogP contribution >= 0.6 is 11.8 Å². The number of rotatable bonds is 5. The molecule has 1 atom stereocenters. The molecule has 4 rings (SSSR count). The summed E-state index contributed by atoms with van der Waals surface area (Å²) in [4.78, 5) is 49.0. The standard InChI is InChI=1S/C17H16N4O6S/c22-13(1-2-14(23)24)19-3-4-20-10(7-19)5-9(18-20)6-11-15(25)21-12(17(26)27)8-28-16(11)21/h5-6,8,16H,1-4,7H2,(H,23,24)(H,26,27)/t16-/m1/s1. The smallest absolute Gasteiger partial charge is 0.353 e. The fourth-order valence-electron chi connectivity index (χ4n) is 3.37. The highest BCUT2D eigenvalue weighted by molar-refractivity contribution is 8.03. The van der Waals surface area contributed by atoms with Crippen molar-refractivity contribution in [3.05, 3.63) is 34.1 Å². The second-order valence-electron chi connectivity index (χ2n) is 6.56. The van der Waals surface area contributed by atoms with Crippen molar-refractivity contribution in [3.8, 4) is 0 Å². The minimum Gasteiger partial charge on any atom is -0.481 e. The number of hydrogen-bond acceptors (Lipinski definition) is 6. The van der Waals surface area contributed by atoms with Crippen molar-refractivity contribution in [2.75, 3.05) is 6.54 Å². The summed E-state index contributed by atoms with van der Waals surface area (Å²) < 4.78 is 1.76. The molecule has 0 saturated carbocycles. The molecule has 11 heteroatoms. The van der Waals surface area contributed by atoms with E-state index in [9.17, 15) is 19.2 Å². The third-order valence-corrected chi connectivity index (χ3v) is 5.86. The van der Waals surface area contributed by atoms with Crippen LogP contribution in [-0.2, 0) is 32.3 Å². The van der Waals surface area contributed by atoms with Crippen molar-refractivity contribution < 1.29 is 29.4 Å². The first-order valence-electron chi connectivity index (χ1n) is 8.55. The summed E-state index contributed by atoms with van der Waals surface area (Å²) in [6, 6.07) is 1.78. The number of thioether (sulfide) groups is 1. The van der Waals surface area contributed by atoms with Crippen LogP contribution in [0.2, 0.25) is 0 Å². The Kier molecular flexibility index (Phi) is 4.46. The number of carboxylic acid groups (broad SMARTS) is 2. The first-order chi connectivity index (χ1) is 13.3. The number of fused-ring (bicyclic) bond motifs is 2. The number of nitrogens with zero attached hydrogens (tertiary/aromatic N) is 4. The average molecular weight is 404 g/mol. The SMILES string of the molecule is O=C(O)CCC(=O)N1CCn2nc(C=C3C(=O)N4C(C(=O)O)=CS[C@H]34)cc2C1. The number of hydrogen-bond donors (Lipinski definition) is 2. The van der Waals surface area contributed by atoms with Crippen LogP contribution in [0, 0.1) is 0 Å². The second kappa shape index (κ2) is 6.82. The van der Waals surface area contributed by atoms with Gasteiger partial charge in [0.2, 0.25) is 5.91 Å². The lowest BCUT2D eigenvalue weighted by atomic mass is 10.0. The van der Waals surface area contributed by atoms with Crippen LogP contribution in [0.15, 0.2) is 22.7 Å². The van der Waals surface area contributed by atoms with Crippen molar-refractivity contribution in [1.82, 2.24) is 19.6 Å². The summed E-state index contributed by atoms with van der Waals surface area (Å²) >= 11 is 1.27. The molecule has 0 aromatic carbocycles. The monoisotopic (exact) mass is 404 g/mol. The van der Waals surface area contributed by atoms with Crippen LogP contribution in [-0.4, -0.2) is 65.5 Å². The zero-order valence-corrected chi connectivity index (χ0v) is 15.4. The molecule has 0 radical (unpaired) electrons. The molecule has 3 aliphatic heterocycles. The molecule has 10 nitrogen and oxygen atoms in total. The Morgan fingerprint density at radius 2 is 2.04 bits per heavy atom. The quantitative estimate of drug-likeness (QED) is 0.529. The summed E-state index contributed by atoms with van der Waals surface area (Å²) in [5, 5.41) is 23.4. The Bertz CT molecular complexity index is 965. The van der Waals surface area contributed by atoms with E-state index in [-0.39, 0.29) is 35.7 Å². The molecule has 1 saturated heterocycles. The van der Waals surface area contributed by atoms with Gasteiger partial charge in [-0.05, 0) is 12.1 Å². The Labute approximate surface area is 163 Å². The van der Waals surface area contributed by atoms with Gasteiger partial charge in [-0.25, -0.2) is 4.79 Å². The second-order valence-corrected chi connectivity index (χ2v) is 7.52. The van der Waals surface area contributed by atoms with E-state index in [1.807, 2.05) is 0 Å². The normalized spacial score (nSPS) is 21.9. The lowest BCUT2D eigenvalue weighted by Crippen LogP contribution is -2.51. The molecule has 2 amide bonds. The lowest BCUT2D eigenvalue weighted by Gasteiger charge is -2.36. The maximum Gasteiger partial charge on any atom is 0.353 e. The highest BCUT2D eigenvalue weighted by Crippen LogP contribution is 2.45. The third kappa shape index (κ3) is 3.07. The highest BCUT2D eigenvalue weighted by atomic mass is 32.2. The summed E-state index contributed by atoms with van der Waals surface area (Å²) in [6.07, 6.45) is 1.41. The van der Waals surface area contributed by atoms with E-state index in [2.05, 4.69) is 5.10 Å². The van der Waals surface area contributed by atoms with Gasteiger partial charge in [-0.3, -0.25) is 24.0 Å². The molecule has 0 spiro atoms. The van der Waals surface area contributed by atoms with Gasteiger partial charge in [0, 0.05) is 18.4 Å². The molecule has 28 heavy (non-hydrogen) atoms. The average Bonchev–Trinajstić information content (AvgIpc) is 3.24. The van der Waals surface area contributed by atoms with Crippen LogP contribution in [0.1, 0.15) is 24.2 Å². The van der Waals surface area contributed by atoms with Crippen molar-refractivity contribution in [2.24, 2.45) is 0 Å². The Morgan fingerprint density at radius 1 is 1.25 bits per heavy atom. The van der Waals surface area contributed by atoms with E-state index in [0.717, 1.165) is 5.69 Å². The molecular weight excluding hydrogens is 388 g/mol. The highest BCUT2D eigenvalue weighted by Gasteiger charge is 2.49. The van der Waals surface area contributed by atoms with E-state index >= 15 is 0 Å². The Morgan fingerprint density at radius 3 is 2.75 bits per heavy atom. The van der Waals surface area contributed by atoms with Gasteiger partial charge in [0.05, 0.1) is 36.5 Å². The molecule has 146 valence electrons. The van der Waals surface area contributed by atoms with E-state index in [1.165, 1.54) is 22.1 Å². The molecule has 0 aliphatic carbocycles. The minimum atomic E-state index is -1.13. The number of amides is 2. The summed E-state index contributed by atoms with van der Waals surface area (Å²) in [6.45, 7) is 1.26. The Balaban J connectivity index is 1.45. The predicted molar refractivity (Wildman–Crippen MR) is 96.4 cm³/mol. The maximum absolute atomic E-state index is 12.3. The van der Waals surface area contributed by atoms with Gasteiger partial charge in [0.15, 0.2) is 0 Å². The van der Waals surface area contributed by atoms with E-state index in [1.54, 1.807) is 21.7 Å². The van der Waals surface area contributed by atoms with Crippen molar-refractivity contribution in [3.63, 3.8) is 0 Å². The molecule has 1 fully saturated rings. The zero-order chi connectivity index (χ0) is 20.0. The number of aromatic nitrogens is 2. The molecule has 0 unspecified atom stereocenters.